The number of benzene rings is 1. The summed E-state index contributed by atoms with van der Waals surface area (Å²) in [7, 11) is -3.80. The van der Waals surface area contributed by atoms with Crippen LogP contribution in [0.1, 0.15) is 6.42 Å². The first-order valence-corrected chi connectivity index (χ1v) is 8.11. The van der Waals surface area contributed by atoms with E-state index in [2.05, 4.69) is 10.0 Å². The van der Waals surface area contributed by atoms with Gasteiger partial charge in [-0.1, -0.05) is 11.6 Å². The predicted octanol–water partition coefficient (Wildman–Crippen LogP) is 1.14. The Balaban J connectivity index is 2.03. The molecule has 0 aliphatic carbocycles. The van der Waals surface area contributed by atoms with Crippen molar-refractivity contribution in [1.82, 2.24) is 10.0 Å². The van der Waals surface area contributed by atoms with Crippen LogP contribution in [0.3, 0.4) is 0 Å². The van der Waals surface area contributed by atoms with E-state index >= 15 is 0 Å². The molecule has 0 spiro atoms. The summed E-state index contributed by atoms with van der Waals surface area (Å²) in [4.78, 5) is -0.191. The van der Waals surface area contributed by atoms with E-state index in [1.54, 1.807) is 0 Å². The molecule has 112 valence electrons. The average Bonchev–Trinajstić information content (AvgIpc) is 2.64. The van der Waals surface area contributed by atoms with Gasteiger partial charge in [-0.05, 0) is 31.2 Å². The second-order valence-corrected chi connectivity index (χ2v) is 6.71. The molecule has 0 amide bonds. The van der Waals surface area contributed by atoms with Crippen molar-refractivity contribution in [3.05, 3.63) is 29.0 Å². The van der Waals surface area contributed by atoms with Crippen LogP contribution in [-0.4, -0.2) is 40.8 Å². The van der Waals surface area contributed by atoms with E-state index < -0.39 is 15.8 Å². The van der Waals surface area contributed by atoms with Gasteiger partial charge in [0.1, 0.15) is 5.82 Å². The number of sulfonamides is 1. The molecule has 0 radical (unpaired) electrons. The number of hydrogen-bond acceptors (Lipinski definition) is 4. The molecule has 0 aromatic heterocycles. The highest BCUT2D eigenvalue weighted by atomic mass is 35.5. The van der Waals surface area contributed by atoms with Gasteiger partial charge >= 0.3 is 0 Å². The van der Waals surface area contributed by atoms with E-state index in [9.17, 15) is 12.8 Å². The van der Waals surface area contributed by atoms with Gasteiger partial charge in [-0.2, -0.15) is 0 Å². The van der Waals surface area contributed by atoms with Crippen LogP contribution in [0.5, 0.6) is 0 Å². The molecule has 1 saturated heterocycles. The topological polar surface area (TPSA) is 67.4 Å². The second-order valence-electron chi connectivity index (χ2n) is 4.51. The highest BCUT2D eigenvalue weighted by Crippen LogP contribution is 2.18. The molecule has 1 atom stereocenters. The largest absolute Gasteiger partial charge is 0.375 e. The fourth-order valence-electron chi connectivity index (χ4n) is 1.87. The second kappa shape index (κ2) is 6.82. The first-order chi connectivity index (χ1) is 9.47. The SMILES string of the molecule is O=S(=O)(NCC1CNCCCO1)c1cc(F)cc(Cl)c1. The Morgan fingerprint density at radius 2 is 2.25 bits per heavy atom. The zero-order chi connectivity index (χ0) is 14.6. The van der Waals surface area contributed by atoms with Gasteiger partial charge in [0.25, 0.3) is 0 Å². The van der Waals surface area contributed by atoms with E-state index in [-0.39, 0.29) is 22.6 Å². The standard InChI is InChI=1S/C12H16ClFN2O3S/c13-9-4-10(14)6-12(5-9)20(17,18)16-8-11-7-15-2-1-3-19-11/h4-6,11,15-16H,1-3,7-8H2. The van der Waals surface area contributed by atoms with E-state index in [0.29, 0.717) is 13.2 Å². The molecule has 20 heavy (non-hydrogen) atoms. The molecule has 2 N–H and O–H groups in total. The van der Waals surface area contributed by atoms with Crippen molar-refractivity contribution < 1.29 is 17.5 Å². The fraction of sp³-hybridized carbons (Fsp3) is 0.500. The Bertz CT molecular complexity index is 540. The van der Waals surface area contributed by atoms with Gasteiger partial charge in [0, 0.05) is 24.7 Å². The van der Waals surface area contributed by atoms with Crippen molar-refractivity contribution in [2.24, 2.45) is 0 Å². The molecule has 1 fully saturated rings. The maximum Gasteiger partial charge on any atom is 0.240 e. The molecule has 0 saturated carbocycles. The third kappa shape index (κ3) is 4.39. The normalized spacial score (nSPS) is 20.6. The van der Waals surface area contributed by atoms with E-state index in [4.69, 9.17) is 16.3 Å². The first-order valence-electron chi connectivity index (χ1n) is 6.25. The van der Waals surface area contributed by atoms with Crippen LogP contribution in [0, 0.1) is 5.82 Å². The number of nitrogens with one attached hydrogen (secondary N) is 2. The fourth-order valence-corrected chi connectivity index (χ4v) is 3.28. The van der Waals surface area contributed by atoms with Crippen molar-refractivity contribution in [2.75, 3.05) is 26.2 Å². The molecular weight excluding hydrogens is 307 g/mol. The van der Waals surface area contributed by atoms with Gasteiger partial charge in [0.05, 0.1) is 11.0 Å². The molecule has 2 rings (SSSR count). The maximum atomic E-state index is 13.2. The smallest absolute Gasteiger partial charge is 0.240 e. The lowest BCUT2D eigenvalue weighted by molar-refractivity contribution is 0.0707. The monoisotopic (exact) mass is 322 g/mol. The Morgan fingerprint density at radius 1 is 1.45 bits per heavy atom. The van der Waals surface area contributed by atoms with Crippen LogP contribution < -0.4 is 10.0 Å². The van der Waals surface area contributed by atoms with E-state index in [0.717, 1.165) is 25.1 Å². The summed E-state index contributed by atoms with van der Waals surface area (Å²) in [6.07, 6.45) is 0.652. The minimum Gasteiger partial charge on any atom is -0.375 e. The zero-order valence-electron chi connectivity index (χ0n) is 10.7. The molecule has 1 aromatic carbocycles. The molecule has 1 aromatic rings. The highest BCUT2D eigenvalue weighted by Gasteiger charge is 2.19. The van der Waals surface area contributed by atoms with Gasteiger partial charge in [-0.3, -0.25) is 0 Å². The van der Waals surface area contributed by atoms with Gasteiger partial charge in [0.2, 0.25) is 10.0 Å². The van der Waals surface area contributed by atoms with Gasteiger partial charge < -0.3 is 10.1 Å². The van der Waals surface area contributed by atoms with Crippen LogP contribution in [0.2, 0.25) is 5.02 Å². The maximum absolute atomic E-state index is 13.2. The lowest BCUT2D eigenvalue weighted by Crippen LogP contribution is -2.38. The summed E-state index contributed by atoms with van der Waals surface area (Å²) in [6.45, 7) is 2.14. The van der Waals surface area contributed by atoms with Crippen molar-refractivity contribution >= 4 is 21.6 Å². The van der Waals surface area contributed by atoms with Gasteiger partial charge in [-0.15, -0.1) is 0 Å². The number of hydrogen-bond donors (Lipinski definition) is 2. The molecule has 1 unspecified atom stereocenters. The Kier molecular flexibility index (Phi) is 5.34. The summed E-state index contributed by atoms with van der Waals surface area (Å²) < 4.78 is 45.2. The lowest BCUT2D eigenvalue weighted by atomic mass is 10.3. The molecule has 1 aliphatic heterocycles. The van der Waals surface area contributed by atoms with Crippen molar-refractivity contribution in [3.8, 4) is 0 Å². The summed E-state index contributed by atoms with van der Waals surface area (Å²) in [6, 6.07) is 3.19. The third-order valence-corrected chi connectivity index (χ3v) is 4.49. The lowest BCUT2D eigenvalue weighted by Gasteiger charge is -2.16. The summed E-state index contributed by atoms with van der Waals surface area (Å²) in [5.41, 5.74) is 0. The first kappa shape index (κ1) is 15.7. The highest BCUT2D eigenvalue weighted by molar-refractivity contribution is 7.89. The minimum absolute atomic E-state index is 0.0396. The molecule has 5 nitrogen and oxygen atoms in total. The van der Waals surface area contributed by atoms with Gasteiger partial charge in [-0.25, -0.2) is 17.5 Å². The number of ether oxygens (including phenoxy) is 1. The number of rotatable bonds is 4. The van der Waals surface area contributed by atoms with Gasteiger partial charge in [0.15, 0.2) is 0 Å². The molecule has 1 heterocycles. The van der Waals surface area contributed by atoms with Crippen molar-refractivity contribution in [2.45, 2.75) is 17.4 Å². The Labute approximate surface area is 122 Å². The molecular formula is C12H16ClFN2O3S. The van der Waals surface area contributed by atoms with E-state index in [1.807, 2.05) is 0 Å². The van der Waals surface area contributed by atoms with E-state index in [1.165, 1.54) is 6.07 Å². The third-order valence-electron chi connectivity index (χ3n) is 2.87. The molecule has 8 heteroatoms. The summed E-state index contributed by atoms with van der Waals surface area (Å²) >= 11 is 5.66. The quantitative estimate of drug-likeness (QED) is 0.872. The van der Waals surface area contributed by atoms with Crippen LogP contribution in [-0.2, 0) is 14.8 Å². The average molecular weight is 323 g/mol. The van der Waals surface area contributed by atoms with Crippen molar-refractivity contribution in [1.29, 1.82) is 0 Å². The van der Waals surface area contributed by atoms with Crippen LogP contribution in [0.15, 0.2) is 23.1 Å². The number of halogens is 2. The zero-order valence-corrected chi connectivity index (χ0v) is 12.3. The van der Waals surface area contributed by atoms with Crippen molar-refractivity contribution in [3.63, 3.8) is 0 Å². The van der Waals surface area contributed by atoms with Crippen LogP contribution in [0.4, 0.5) is 4.39 Å². The molecule has 0 bridgehead atoms. The summed E-state index contributed by atoms with van der Waals surface area (Å²) in [5.74, 6) is -0.690. The summed E-state index contributed by atoms with van der Waals surface area (Å²) in [5, 5.41) is 3.19. The Morgan fingerprint density at radius 3 is 3.00 bits per heavy atom. The predicted molar refractivity (Wildman–Crippen MR) is 73.8 cm³/mol. The molecule has 1 aliphatic rings. The van der Waals surface area contributed by atoms with Crippen LogP contribution >= 0.6 is 11.6 Å². The van der Waals surface area contributed by atoms with Crippen LogP contribution in [0.25, 0.3) is 0 Å². The minimum atomic E-state index is -3.80. The Hall–Kier alpha value is -0.730.